The zero-order valence-corrected chi connectivity index (χ0v) is 13.9. The molecule has 0 aliphatic rings. The highest BCUT2D eigenvalue weighted by Gasteiger charge is 2.16. The second kappa shape index (κ2) is 6.86. The molecule has 0 saturated heterocycles. The molecule has 0 fully saturated rings. The van der Waals surface area contributed by atoms with Crippen molar-refractivity contribution in [3.8, 4) is 5.69 Å². The third-order valence-electron chi connectivity index (χ3n) is 3.49. The molecule has 0 bridgehead atoms. The lowest BCUT2D eigenvalue weighted by Crippen LogP contribution is -2.27. The molecule has 5 nitrogen and oxygen atoms in total. The van der Waals surface area contributed by atoms with Gasteiger partial charge in [-0.1, -0.05) is 29.8 Å². The Morgan fingerprint density at radius 2 is 1.92 bits per heavy atom. The van der Waals surface area contributed by atoms with Gasteiger partial charge in [-0.15, -0.1) is 0 Å². The van der Waals surface area contributed by atoms with Gasteiger partial charge in [0.1, 0.15) is 5.82 Å². The summed E-state index contributed by atoms with van der Waals surface area (Å²) in [5, 5.41) is 7.03. The van der Waals surface area contributed by atoms with Crippen LogP contribution in [0.15, 0.2) is 59.4 Å². The number of carbonyl (C=O) groups is 1. The van der Waals surface area contributed by atoms with E-state index in [2.05, 4.69) is 10.4 Å². The number of anilines is 1. The topological polar surface area (TPSA) is 64.0 Å². The Hall–Kier alpha value is -2.99. The van der Waals surface area contributed by atoms with Gasteiger partial charge in [-0.05, 0) is 37.3 Å². The third-order valence-corrected chi connectivity index (χ3v) is 3.81. The number of rotatable bonds is 3. The van der Waals surface area contributed by atoms with E-state index >= 15 is 0 Å². The normalized spacial score (nSPS) is 10.5. The molecule has 25 heavy (non-hydrogen) atoms. The number of para-hydroxylation sites is 1. The van der Waals surface area contributed by atoms with E-state index < -0.39 is 17.2 Å². The molecule has 0 radical (unpaired) electrons. The molecule has 7 heteroatoms. The van der Waals surface area contributed by atoms with Crippen LogP contribution in [0.4, 0.5) is 10.1 Å². The lowest BCUT2D eigenvalue weighted by Gasteiger charge is -2.12. The summed E-state index contributed by atoms with van der Waals surface area (Å²) in [6.07, 6.45) is 0. The molecule has 0 unspecified atom stereocenters. The highest BCUT2D eigenvalue weighted by Crippen LogP contribution is 2.20. The summed E-state index contributed by atoms with van der Waals surface area (Å²) in [4.78, 5) is 24.5. The van der Waals surface area contributed by atoms with Gasteiger partial charge in [-0.2, -0.15) is 5.10 Å². The smallest absolute Gasteiger partial charge is 0.280 e. The third kappa shape index (κ3) is 3.59. The fourth-order valence-electron chi connectivity index (χ4n) is 2.33. The maximum atomic E-state index is 13.2. The average Bonchev–Trinajstić information content (AvgIpc) is 2.56. The van der Waals surface area contributed by atoms with Gasteiger partial charge in [0.05, 0.1) is 10.7 Å². The number of nitrogens with zero attached hydrogens (tertiary/aromatic N) is 2. The average molecular weight is 358 g/mol. The first-order valence-corrected chi connectivity index (χ1v) is 7.76. The Bertz CT molecular complexity index is 1020. The molecular weight excluding hydrogens is 345 g/mol. The van der Waals surface area contributed by atoms with E-state index in [1.165, 1.54) is 28.9 Å². The van der Waals surface area contributed by atoms with Gasteiger partial charge in [-0.3, -0.25) is 9.59 Å². The predicted octanol–water partition coefficient (Wildman–Crippen LogP) is 3.59. The molecule has 0 saturated carbocycles. The molecule has 0 aliphatic heterocycles. The van der Waals surface area contributed by atoms with Gasteiger partial charge in [0, 0.05) is 17.4 Å². The van der Waals surface area contributed by atoms with Crippen molar-refractivity contribution in [3.63, 3.8) is 0 Å². The van der Waals surface area contributed by atoms with Crippen LogP contribution in [0.3, 0.4) is 0 Å². The Labute approximate surface area is 147 Å². The lowest BCUT2D eigenvalue weighted by molar-refractivity contribution is 0.101. The summed E-state index contributed by atoms with van der Waals surface area (Å²) >= 11 is 6.17. The van der Waals surface area contributed by atoms with Gasteiger partial charge < -0.3 is 5.32 Å². The second-order valence-electron chi connectivity index (χ2n) is 5.33. The number of carbonyl (C=O) groups excluding carboxylic acids is 1. The molecule has 1 aromatic heterocycles. The standard InChI is InChI=1S/C18H13ClFN3O2/c1-11-9-16(24)17(18(25)21-13-6-4-5-12(20)10-13)22-23(11)15-8-3-2-7-14(15)19/h2-10H,1H3,(H,21,25). The van der Waals surface area contributed by atoms with Gasteiger partial charge in [0.25, 0.3) is 5.91 Å². The van der Waals surface area contributed by atoms with Gasteiger partial charge in [-0.25, -0.2) is 9.07 Å². The van der Waals surface area contributed by atoms with Crippen LogP contribution in [-0.4, -0.2) is 15.7 Å². The molecule has 0 aliphatic carbocycles. The Balaban J connectivity index is 2.02. The molecule has 2 aromatic carbocycles. The number of benzene rings is 2. The second-order valence-corrected chi connectivity index (χ2v) is 5.73. The number of hydrogen-bond acceptors (Lipinski definition) is 3. The molecular formula is C18H13ClFN3O2. The van der Waals surface area contributed by atoms with Crippen molar-refractivity contribution in [2.45, 2.75) is 6.92 Å². The van der Waals surface area contributed by atoms with Crippen LogP contribution in [-0.2, 0) is 0 Å². The SMILES string of the molecule is Cc1cc(=O)c(C(=O)Nc2cccc(F)c2)nn1-c1ccccc1Cl. The summed E-state index contributed by atoms with van der Waals surface area (Å²) < 4.78 is 14.7. The maximum absolute atomic E-state index is 13.2. The van der Waals surface area contributed by atoms with E-state index in [9.17, 15) is 14.0 Å². The number of nitrogens with one attached hydrogen (secondary N) is 1. The number of aromatic nitrogens is 2. The summed E-state index contributed by atoms with van der Waals surface area (Å²) in [7, 11) is 0. The Morgan fingerprint density at radius 3 is 2.64 bits per heavy atom. The fourth-order valence-corrected chi connectivity index (χ4v) is 2.54. The molecule has 1 heterocycles. The van der Waals surface area contributed by atoms with Crippen molar-refractivity contribution in [2.75, 3.05) is 5.32 Å². The summed E-state index contributed by atoms with van der Waals surface area (Å²) in [5.41, 5.74) is 0.461. The van der Waals surface area contributed by atoms with Gasteiger partial charge >= 0.3 is 0 Å². The Morgan fingerprint density at radius 1 is 1.16 bits per heavy atom. The minimum absolute atomic E-state index is 0.232. The minimum atomic E-state index is -0.726. The highest BCUT2D eigenvalue weighted by molar-refractivity contribution is 6.32. The molecule has 126 valence electrons. The van der Waals surface area contributed by atoms with E-state index in [4.69, 9.17) is 11.6 Å². The monoisotopic (exact) mass is 357 g/mol. The molecule has 1 amide bonds. The van der Waals surface area contributed by atoms with Crippen LogP contribution in [0, 0.1) is 12.7 Å². The molecule has 0 spiro atoms. The minimum Gasteiger partial charge on any atom is -0.320 e. The summed E-state index contributed by atoms with van der Waals surface area (Å²) in [6, 6.07) is 13.6. The van der Waals surface area contributed by atoms with Crippen LogP contribution < -0.4 is 10.7 Å². The van der Waals surface area contributed by atoms with E-state index in [1.54, 1.807) is 31.2 Å². The van der Waals surface area contributed by atoms with Crippen molar-refractivity contribution >= 4 is 23.2 Å². The number of amides is 1. The van der Waals surface area contributed by atoms with E-state index in [0.717, 1.165) is 6.07 Å². The van der Waals surface area contributed by atoms with E-state index in [1.807, 2.05) is 0 Å². The van der Waals surface area contributed by atoms with Gasteiger partial charge in [0.2, 0.25) is 5.43 Å². The summed E-state index contributed by atoms with van der Waals surface area (Å²) in [6.45, 7) is 1.69. The first kappa shape index (κ1) is 16.9. The van der Waals surface area contributed by atoms with E-state index in [-0.39, 0.29) is 11.4 Å². The molecule has 3 rings (SSSR count). The largest absolute Gasteiger partial charge is 0.320 e. The lowest BCUT2D eigenvalue weighted by atomic mass is 10.2. The predicted molar refractivity (Wildman–Crippen MR) is 93.9 cm³/mol. The highest BCUT2D eigenvalue weighted by atomic mass is 35.5. The van der Waals surface area contributed by atoms with Crippen molar-refractivity contribution in [2.24, 2.45) is 0 Å². The zero-order chi connectivity index (χ0) is 18.0. The number of aryl methyl sites for hydroxylation is 1. The first-order valence-electron chi connectivity index (χ1n) is 7.38. The first-order chi connectivity index (χ1) is 12.0. The maximum Gasteiger partial charge on any atom is 0.280 e. The van der Waals surface area contributed by atoms with Gasteiger partial charge in [0.15, 0.2) is 5.69 Å². The van der Waals surface area contributed by atoms with E-state index in [0.29, 0.717) is 16.4 Å². The fraction of sp³-hybridized carbons (Fsp3) is 0.0556. The number of halogens is 2. The van der Waals surface area contributed by atoms with Crippen molar-refractivity contribution in [1.82, 2.24) is 9.78 Å². The van der Waals surface area contributed by atoms with Crippen LogP contribution in [0.25, 0.3) is 5.69 Å². The molecule has 3 aromatic rings. The van der Waals surface area contributed by atoms with Crippen LogP contribution in [0.1, 0.15) is 16.2 Å². The van der Waals surface area contributed by atoms with Crippen molar-refractivity contribution < 1.29 is 9.18 Å². The van der Waals surface area contributed by atoms with Crippen molar-refractivity contribution in [1.29, 1.82) is 0 Å². The van der Waals surface area contributed by atoms with Crippen molar-refractivity contribution in [3.05, 3.63) is 87.0 Å². The molecule has 1 N–H and O–H groups in total. The Kier molecular flexibility index (Phi) is 4.63. The summed E-state index contributed by atoms with van der Waals surface area (Å²) in [5.74, 6) is -1.22. The quantitative estimate of drug-likeness (QED) is 0.779. The van der Waals surface area contributed by atoms with Crippen LogP contribution >= 0.6 is 11.6 Å². The number of hydrogen-bond donors (Lipinski definition) is 1. The molecule has 0 atom stereocenters. The zero-order valence-electron chi connectivity index (χ0n) is 13.2. The van der Waals surface area contributed by atoms with Crippen LogP contribution in [0.2, 0.25) is 5.02 Å². The van der Waals surface area contributed by atoms with Crippen LogP contribution in [0.5, 0.6) is 0 Å².